The second kappa shape index (κ2) is 6.74. The molecule has 0 aliphatic carbocycles. The molecule has 1 N–H and O–H groups in total. The Hall–Kier alpha value is -1.85. The lowest BCUT2D eigenvalue weighted by Crippen LogP contribution is -2.43. The van der Waals surface area contributed by atoms with Crippen molar-refractivity contribution in [3.05, 3.63) is 18.0 Å². The van der Waals surface area contributed by atoms with E-state index in [0.717, 1.165) is 25.0 Å². The van der Waals surface area contributed by atoms with Crippen molar-refractivity contribution < 1.29 is 9.59 Å². The number of rotatable bonds is 4. The van der Waals surface area contributed by atoms with Gasteiger partial charge in [0, 0.05) is 39.2 Å². The van der Waals surface area contributed by atoms with Crippen LogP contribution >= 0.6 is 0 Å². The number of likely N-dealkylation sites (tertiary alicyclic amines) is 1. The summed E-state index contributed by atoms with van der Waals surface area (Å²) in [6.07, 6.45) is 4.06. The van der Waals surface area contributed by atoms with Gasteiger partial charge in [0.25, 0.3) is 0 Å². The first-order valence-electron chi connectivity index (χ1n) is 7.56. The maximum Gasteiger partial charge on any atom is 0.223 e. The Labute approximate surface area is 125 Å². The predicted molar refractivity (Wildman–Crippen MR) is 79.4 cm³/mol. The lowest BCUT2D eigenvalue weighted by atomic mass is 9.95. The number of piperidine rings is 1. The third-order valence-corrected chi connectivity index (χ3v) is 4.25. The van der Waals surface area contributed by atoms with Gasteiger partial charge < -0.3 is 10.2 Å². The highest BCUT2D eigenvalue weighted by atomic mass is 16.2. The lowest BCUT2D eigenvalue weighted by Gasteiger charge is -2.31. The molecule has 0 saturated carbocycles. The zero-order valence-corrected chi connectivity index (χ0v) is 13.0. The van der Waals surface area contributed by atoms with Crippen LogP contribution in [0.5, 0.6) is 0 Å². The number of nitrogens with one attached hydrogen (secondary N) is 1. The van der Waals surface area contributed by atoms with Gasteiger partial charge in [-0.2, -0.15) is 5.10 Å². The highest BCUT2D eigenvalue weighted by Gasteiger charge is 2.27. The summed E-state index contributed by atoms with van der Waals surface area (Å²) in [5, 5.41) is 7.28. The van der Waals surface area contributed by atoms with Crippen LogP contribution in [0.3, 0.4) is 0 Å². The molecule has 1 aromatic heterocycles. The second-order valence-electron chi connectivity index (χ2n) is 5.63. The quantitative estimate of drug-likeness (QED) is 0.908. The Morgan fingerprint density at radius 3 is 2.57 bits per heavy atom. The molecular formula is C15H24N4O2. The summed E-state index contributed by atoms with van der Waals surface area (Å²) < 4.78 is 1.80. The number of nitrogens with zero attached hydrogens (tertiary/aromatic N) is 3. The summed E-state index contributed by atoms with van der Waals surface area (Å²) >= 11 is 0. The number of carbonyl (C=O) groups is 2. The molecule has 6 nitrogen and oxygen atoms in total. The largest absolute Gasteiger partial charge is 0.348 e. The average Bonchev–Trinajstić information content (AvgIpc) is 2.90. The smallest absolute Gasteiger partial charge is 0.223 e. The Balaban J connectivity index is 1.92. The van der Waals surface area contributed by atoms with E-state index < -0.39 is 0 Å². The minimum Gasteiger partial charge on any atom is -0.348 e. The van der Waals surface area contributed by atoms with E-state index in [1.165, 1.54) is 0 Å². The minimum absolute atomic E-state index is 0.00266. The summed E-state index contributed by atoms with van der Waals surface area (Å²) in [4.78, 5) is 25.5. The molecule has 1 atom stereocenters. The van der Waals surface area contributed by atoms with E-state index in [2.05, 4.69) is 17.3 Å². The van der Waals surface area contributed by atoms with Gasteiger partial charge in [0.05, 0.1) is 11.7 Å². The summed E-state index contributed by atoms with van der Waals surface area (Å²) in [5.74, 6) is 0.185. The molecule has 6 heteroatoms. The van der Waals surface area contributed by atoms with Crippen molar-refractivity contribution in [2.45, 2.75) is 39.2 Å². The van der Waals surface area contributed by atoms with Crippen LogP contribution in [0.4, 0.5) is 0 Å². The number of aromatic nitrogens is 2. The summed E-state index contributed by atoms with van der Waals surface area (Å²) in [6.45, 7) is 4.98. The van der Waals surface area contributed by atoms with Gasteiger partial charge in [-0.15, -0.1) is 0 Å². The molecule has 0 bridgehead atoms. The third kappa shape index (κ3) is 3.62. The lowest BCUT2D eigenvalue weighted by molar-refractivity contribution is -0.134. The molecule has 1 fully saturated rings. The van der Waals surface area contributed by atoms with E-state index in [4.69, 9.17) is 0 Å². The Kier molecular flexibility index (Phi) is 4.98. The summed E-state index contributed by atoms with van der Waals surface area (Å²) in [6, 6.07) is 1.93. The number of amides is 2. The van der Waals surface area contributed by atoms with Crippen LogP contribution < -0.4 is 5.32 Å². The van der Waals surface area contributed by atoms with E-state index >= 15 is 0 Å². The molecule has 2 heterocycles. The van der Waals surface area contributed by atoms with Crippen molar-refractivity contribution in [3.8, 4) is 0 Å². The normalized spacial score (nSPS) is 17.6. The first kappa shape index (κ1) is 15.5. The Bertz CT molecular complexity index is 504. The van der Waals surface area contributed by atoms with Gasteiger partial charge in [-0.25, -0.2) is 0 Å². The summed E-state index contributed by atoms with van der Waals surface area (Å²) in [5.41, 5.74) is 1.02. The average molecular weight is 292 g/mol. The van der Waals surface area contributed by atoms with E-state index in [9.17, 15) is 9.59 Å². The third-order valence-electron chi connectivity index (χ3n) is 4.25. The number of carbonyl (C=O) groups excluding carboxylic acids is 2. The first-order valence-corrected chi connectivity index (χ1v) is 7.56. The van der Waals surface area contributed by atoms with Crippen LogP contribution in [0.2, 0.25) is 0 Å². The molecule has 0 spiro atoms. The van der Waals surface area contributed by atoms with Crippen LogP contribution in [0, 0.1) is 5.92 Å². The maximum atomic E-state index is 12.4. The highest BCUT2D eigenvalue weighted by molar-refractivity contribution is 5.80. The fraction of sp³-hybridized carbons (Fsp3) is 0.667. The molecule has 0 radical (unpaired) electrons. The monoisotopic (exact) mass is 292 g/mol. The zero-order chi connectivity index (χ0) is 15.4. The van der Waals surface area contributed by atoms with Crippen LogP contribution in [0.1, 0.15) is 44.8 Å². The van der Waals surface area contributed by atoms with Crippen molar-refractivity contribution >= 4 is 11.8 Å². The van der Waals surface area contributed by atoms with Crippen molar-refractivity contribution in [3.63, 3.8) is 0 Å². The second-order valence-corrected chi connectivity index (χ2v) is 5.63. The molecule has 0 unspecified atom stereocenters. The molecule has 1 aliphatic rings. The van der Waals surface area contributed by atoms with Gasteiger partial charge in [-0.1, -0.05) is 6.92 Å². The molecule has 1 saturated heterocycles. The number of hydrogen-bond acceptors (Lipinski definition) is 3. The maximum absolute atomic E-state index is 12.4. The van der Waals surface area contributed by atoms with Crippen LogP contribution in [0.15, 0.2) is 12.3 Å². The fourth-order valence-corrected chi connectivity index (χ4v) is 2.86. The van der Waals surface area contributed by atoms with Crippen molar-refractivity contribution in [2.24, 2.45) is 13.0 Å². The van der Waals surface area contributed by atoms with Gasteiger partial charge in [-0.05, 0) is 25.3 Å². The van der Waals surface area contributed by atoms with E-state index in [1.807, 2.05) is 18.0 Å². The Morgan fingerprint density at radius 2 is 2.10 bits per heavy atom. The van der Waals surface area contributed by atoms with Gasteiger partial charge in [0.15, 0.2) is 0 Å². The van der Waals surface area contributed by atoms with Crippen molar-refractivity contribution in [1.29, 1.82) is 0 Å². The topological polar surface area (TPSA) is 67.2 Å². The van der Waals surface area contributed by atoms with Crippen LogP contribution in [-0.4, -0.2) is 39.6 Å². The molecule has 21 heavy (non-hydrogen) atoms. The SMILES string of the molecule is CC[C@H](NC(=O)C1CCN(C(C)=O)CC1)c1ccnn1C. The first-order chi connectivity index (χ1) is 10.0. The number of aryl methyl sites for hydroxylation is 1. The molecule has 1 aliphatic heterocycles. The van der Waals surface area contributed by atoms with Gasteiger partial charge in [-0.3, -0.25) is 14.3 Å². The van der Waals surface area contributed by atoms with Crippen molar-refractivity contribution in [1.82, 2.24) is 20.0 Å². The molecule has 0 aromatic carbocycles. The van der Waals surface area contributed by atoms with Gasteiger partial charge in [0.2, 0.25) is 11.8 Å². The molecular weight excluding hydrogens is 268 g/mol. The molecule has 116 valence electrons. The van der Waals surface area contributed by atoms with Crippen LogP contribution in [0.25, 0.3) is 0 Å². The molecule has 2 rings (SSSR count). The fourth-order valence-electron chi connectivity index (χ4n) is 2.86. The predicted octanol–water partition coefficient (Wildman–Crippen LogP) is 1.25. The number of hydrogen-bond donors (Lipinski definition) is 1. The standard InChI is InChI=1S/C15H24N4O2/c1-4-13(14-5-8-16-18(14)3)17-15(21)12-6-9-19(10-7-12)11(2)20/h5,8,12-13H,4,6-7,9-10H2,1-3H3,(H,17,21)/t13-/m0/s1. The van der Waals surface area contributed by atoms with E-state index in [-0.39, 0.29) is 23.8 Å². The molecule has 1 aromatic rings. The van der Waals surface area contributed by atoms with Crippen LogP contribution in [-0.2, 0) is 16.6 Å². The Morgan fingerprint density at radius 1 is 1.43 bits per heavy atom. The zero-order valence-electron chi connectivity index (χ0n) is 13.0. The van der Waals surface area contributed by atoms with Gasteiger partial charge >= 0.3 is 0 Å². The highest BCUT2D eigenvalue weighted by Crippen LogP contribution is 2.21. The summed E-state index contributed by atoms with van der Waals surface area (Å²) in [7, 11) is 1.88. The van der Waals surface area contributed by atoms with Gasteiger partial charge in [0.1, 0.15) is 0 Å². The van der Waals surface area contributed by atoms with E-state index in [0.29, 0.717) is 13.1 Å². The van der Waals surface area contributed by atoms with Crippen molar-refractivity contribution in [2.75, 3.05) is 13.1 Å². The molecule has 2 amide bonds. The minimum atomic E-state index is -0.00385. The van der Waals surface area contributed by atoms with E-state index in [1.54, 1.807) is 17.8 Å².